The number of carbonyl (C=O) groups excluding carboxylic acids is 1. The minimum atomic E-state index is -0.788. The van der Waals surface area contributed by atoms with Crippen molar-refractivity contribution in [1.82, 2.24) is 10.3 Å². The molecular weight excluding hydrogens is 316 g/mol. The molecule has 25 heavy (non-hydrogen) atoms. The van der Waals surface area contributed by atoms with Crippen LogP contribution in [0.1, 0.15) is 27.9 Å². The molecular formula is C20H20N2O3. The second-order valence-corrected chi connectivity index (χ2v) is 5.96. The Bertz CT molecular complexity index is 881. The molecule has 3 rings (SSSR count). The average Bonchev–Trinajstić information content (AvgIpc) is 3.09. The van der Waals surface area contributed by atoms with Gasteiger partial charge in [0.15, 0.2) is 0 Å². The number of carboxylic acids is 1. The summed E-state index contributed by atoms with van der Waals surface area (Å²) in [5, 5.41) is 12.7. The maximum absolute atomic E-state index is 12.4. The van der Waals surface area contributed by atoms with Crippen LogP contribution in [0.3, 0.4) is 0 Å². The molecule has 1 heterocycles. The van der Waals surface area contributed by atoms with Crippen molar-refractivity contribution in [1.29, 1.82) is 0 Å². The van der Waals surface area contributed by atoms with Gasteiger partial charge in [0.25, 0.3) is 5.91 Å². The van der Waals surface area contributed by atoms with E-state index in [9.17, 15) is 9.59 Å². The largest absolute Gasteiger partial charge is 0.481 e. The molecule has 2 aromatic carbocycles. The van der Waals surface area contributed by atoms with E-state index in [4.69, 9.17) is 5.11 Å². The van der Waals surface area contributed by atoms with Crippen LogP contribution in [0.25, 0.3) is 10.9 Å². The van der Waals surface area contributed by atoms with Gasteiger partial charge in [-0.3, -0.25) is 9.59 Å². The van der Waals surface area contributed by atoms with E-state index < -0.39 is 5.97 Å². The van der Waals surface area contributed by atoms with E-state index in [1.807, 2.05) is 54.7 Å². The Labute approximate surface area is 145 Å². The monoisotopic (exact) mass is 336 g/mol. The summed E-state index contributed by atoms with van der Waals surface area (Å²) in [5.41, 5.74) is 3.61. The van der Waals surface area contributed by atoms with Gasteiger partial charge < -0.3 is 15.4 Å². The first-order valence-corrected chi connectivity index (χ1v) is 8.27. The molecule has 3 aromatic rings. The molecule has 0 spiro atoms. The van der Waals surface area contributed by atoms with Gasteiger partial charge in [-0.2, -0.15) is 0 Å². The Balaban J connectivity index is 1.53. The third-order valence-corrected chi connectivity index (χ3v) is 4.18. The normalized spacial score (nSPS) is 10.7. The zero-order valence-corrected chi connectivity index (χ0v) is 13.8. The van der Waals surface area contributed by atoms with Gasteiger partial charge in [0, 0.05) is 24.5 Å². The number of carboxylic acid groups (broad SMARTS) is 1. The summed E-state index contributed by atoms with van der Waals surface area (Å²) in [7, 11) is 0. The van der Waals surface area contributed by atoms with Gasteiger partial charge in [-0.15, -0.1) is 0 Å². The van der Waals surface area contributed by atoms with Crippen LogP contribution in [0.2, 0.25) is 0 Å². The number of aliphatic carboxylic acids is 1. The molecule has 1 aromatic heterocycles. The molecule has 0 bridgehead atoms. The Morgan fingerprint density at radius 3 is 2.40 bits per heavy atom. The third-order valence-electron chi connectivity index (χ3n) is 4.18. The van der Waals surface area contributed by atoms with Gasteiger partial charge in [-0.25, -0.2) is 0 Å². The van der Waals surface area contributed by atoms with E-state index in [0.29, 0.717) is 18.5 Å². The molecule has 5 nitrogen and oxygen atoms in total. The highest BCUT2D eigenvalue weighted by Crippen LogP contribution is 2.16. The van der Waals surface area contributed by atoms with Crippen LogP contribution >= 0.6 is 0 Å². The zero-order chi connectivity index (χ0) is 17.6. The maximum atomic E-state index is 12.4. The van der Waals surface area contributed by atoms with E-state index in [-0.39, 0.29) is 12.3 Å². The van der Waals surface area contributed by atoms with Crippen molar-refractivity contribution in [3.05, 3.63) is 71.4 Å². The lowest BCUT2D eigenvalue weighted by atomic mass is 10.1. The van der Waals surface area contributed by atoms with E-state index in [2.05, 4.69) is 10.3 Å². The molecule has 1 amide bonds. The molecule has 0 fully saturated rings. The van der Waals surface area contributed by atoms with Crippen LogP contribution in [-0.2, 0) is 17.6 Å². The number of aryl methyl sites for hydroxylation is 1. The average molecular weight is 336 g/mol. The highest BCUT2D eigenvalue weighted by molar-refractivity contribution is 6.05. The molecule has 0 saturated carbocycles. The lowest BCUT2D eigenvalue weighted by Crippen LogP contribution is -2.25. The number of hydrogen-bond donors (Lipinski definition) is 3. The molecule has 0 atom stereocenters. The summed E-state index contributed by atoms with van der Waals surface area (Å²) < 4.78 is 0. The molecule has 0 unspecified atom stereocenters. The van der Waals surface area contributed by atoms with Gasteiger partial charge in [0.2, 0.25) is 0 Å². The topological polar surface area (TPSA) is 82.2 Å². The SMILES string of the molecule is O=C(O)CCc1ccc(CCNC(=O)c2cccc3cc[nH]c23)cc1. The Morgan fingerprint density at radius 1 is 0.960 bits per heavy atom. The molecule has 3 N–H and O–H groups in total. The Kier molecular flexibility index (Phi) is 5.14. The van der Waals surface area contributed by atoms with Gasteiger partial charge >= 0.3 is 5.97 Å². The van der Waals surface area contributed by atoms with Crippen molar-refractivity contribution in [3.8, 4) is 0 Å². The van der Waals surface area contributed by atoms with Crippen LogP contribution in [-0.4, -0.2) is 28.5 Å². The smallest absolute Gasteiger partial charge is 0.303 e. The number of amides is 1. The van der Waals surface area contributed by atoms with Crippen LogP contribution in [0.15, 0.2) is 54.7 Å². The Hall–Kier alpha value is -3.08. The first-order chi connectivity index (χ1) is 12.1. The van der Waals surface area contributed by atoms with Crippen LogP contribution in [0.5, 0.6) is 0 Å². The van der Waals surface area contributed by atoms with Crippen LogP contribution in [0.4, 0.5) is 0 Å². The predicted octanol–water partition coefficient (Wildman–Crippen LogP) is 3.16. The molecule has 0 aliphatic heterocycles. The minimum Gasteiger partial charge on any atom is -0.481 e. The second-order valence-electron chi connectivity index (χ2n) is 5.96. The first kappa shape index (κ1) is 16.8. The molecule has 128 valence electrons. The summed E-state index contributed by atoms with van der Waals surface area (Å²) in [5.74, 6) is -0.880. The number of carbonyl (C=O) groups is 2. The molecule has 0 radical (unpaired) electrons. The van der Waals surface area contributed by atoms with Crippen molar-refractivity contribution >= 4 is 22.8 Å². The second kappa shape index (κ2) is 7.66. The molecule has 5 heteroatoms. The first-order valence-electron chi connectivity index (χ1n) is 8.27. The highest BCUT2D eigenvalue weighted by atomic mass is 16.4. The quantitative estimate of drug-likeness (QED) is 0.620. The van der Waals surface area contributed by atoms with E-state index >= 15 is 0 Å². The van der Waals surface area contributed by atoms with Gasteiger partial charge in [0.1, 0.15) is 0 Å². The predicted molar refractivity (Wildman–Crippen MR) is 96.7 cm³/mol. The summed E-state index contributed by atoms with van der Waals surface area (Å²) >= 11 is 0. The zero-order valence-electron chi connectivity index (χ0n) is 13.8. The fourth-order valence-electron chi connectivity index (χ4n) is 2.81. The summed E-state index contributed by atoms with van der Waals surface area (Å²) in [6, 6.07) is 15.4. The van der Waals surface area contributed by atoms with E-state index in [1.165, 1.54) is 0 Å². The number of fused-ring (bicyclic) bond motifs is 1. The van der Waals surface area contributed by atoms with Crippen LogP contribution in [0, 0.1) is 0 Å². The summed E-state index contributed by atoms with van der Waals surface area (Å²) in [6.45, 7) is 0.546. The van der Waals surface area contributed by atoms with Gasteiger partial charge in [-0.1, -0.05) is 36.4 Å². The number of aromatic amines is 1. The fraction of sp³-hybridized carbons (Fsp3) is 0.200. The summed E-state index contributed by atoms with van der Waals surface area (Å²) in [6.07, 6.45) is 3.23. The minimum absolute atomic E-state index is 0.0915. The lowest BCUT2D eigenvalue weighted by molar-refractivity contribution is -0.136. The van der Waals surface area contributed by atoms with Crippen molar-refractivity contribution in [2.45, 2.75) is 19.3 Å². The summed E-state index contributed by atoms with van der Waals surface area (Å²) in [4.78, 5) is 26.0. The third kappa shape index (κ3) is 4.26. The number of H-pyrrole nitrogens is 1. The number of nitrogens with one attached hydrogen (secondary N) is 2. The van der Waals surface area contributed by atoms with E-state index in [0.717, 1.165) is 28.5 Å². The van der Waals surface area contributed by atoms with Crippen molar-refractivity contribution < 1.29 is 14.7 Å². The maximum Gasteiger partial charge on any atom is 0.303 e. The number of para-hydroxylation sites is 1. The standard InChI is InChI=1S/C20H20N2O3/c23-18(24)9-8-14-4-6-15(7-5-14)10-12-22-20(25)17-3-1-2-16-11-13-21-19(16)17/h1-7,11,13,21H,8-10,12H2,(H,22,25)(H,23,24). The molecule has 0 aliphatic carbocycles. The highest BCUT2D eigenvalue weighted by Gasteiger charge is 2.10. The number of benzene rings is 2. The van der Waals surface area contributed by atoms with Crippen molar-refractivity contribution in [2.24, 2.45) is 0 Å². The van der Waals surface area contributed by atoms with Gasteiger partial charge in [-0.05, 0) is 36.1 Å². The molecule has 0 saturated heterocycles. The Morgan fingerprint density at radius 2 is 1.68 bits per heavy atom. The van der Waals surface area contributed by atoms with Gasteiger partial charge in [0.05, 0.1) is 11.1 Å². The number of rotatable bonds is 7. The van der Waals surface area contributed by atoms with Crippen molar-refractivity contribution in [2.75, 3.05) is 6.54 Å². The fourth-order valence-corrected chi connectivity index (χ4v) is 2.81. The van der Waals surface area contributed by atoms with Crippen molar-refractivity contribution in [3.63, 3.8) is 0 Å². The van der Waals surface area contributed by atoms with Crippen LogP contribution < -0.4 is 5.32 Å². The number of aromatic nitrogens is 1. The lowest BCUT2D eigenvalue weighted by Gasteiger charge is -2.07. The molecule has 0 aliphatic rings. The number of hydrogen-bond acceptors (Lipinski definition) is 2. The van der Waals surface area contributed by atoms with E-state index in [1.54, 1.807) is 0 Å².